The summed E-state index contributed by atoms with van der Waals surface area (Å²) < 4.78 is 16.1. The van der Waals surface area contributed by atoms with Crippen LogP contribution in [0.4, 0.5) is 10.2 Å². The Kier molecular flexibility index (Phi) is 6.91. The third-order valence-electron chi connectivity index (χ3n) is 6.46. The largest absolute Gasteiger partial charge is 0.330 e. The number of rotatable bonds is 5. The number of carbonyl (C=O) groups excluding carboxylic acids is 2. The van der Waals surface area contributed by atoms with Crippen molar-refractivity contribution in [2.75, 3.05) is 18.4 Å². The highest BCUT2D eigenvalue weighted by molar-refractivity contribution is 5.98. The van der Waals surface area contributed by atoms with Crippen LogP contribution in [0.3, 0.4) is 0 Å². The second kappa shape index (κ2) is 9.74. The van der Waals surface area contributed by atoms with E-state index in [1.807, 2.05) is 19.9 Å². The minimum atomic E-state index is -0.512. The summed E-state index contributed by atoms with van der Waals surface area (Å²) in [5.41, 5.74) is 1.39. The Bertz CT molecular complexity index is 1330. The maximum absolute atomic E-state index is 13.3. The molecule has 35 heavy (non-hydrogen) atoms. The number of hydrogen-bond donors (Lipinski definition) is 2. The zero-order chi connectivity index (χ0) is 24.0. The average Bonchev–Trinajstić information content (AvgIpc) is 3.42. The number of aromatic nitrogens is 4. The predicted octanol–water partition coefficient (Wildman–Crippen LogP) is 1.92. The first kappa shape index (κ1) is 24.8. The lowest BCUT2D eigenvalue weighted by atomic mass is 9.95. The summed E-state index contributed by atoms with van der Waals surface area (Å²) in [6, 6.07) is 4.26. The quantitative estimate of drug-likeness (QED) is 0.550. The molecular weight excluding hydrogens is 477 g/mol. The van der Waals surface area contributed by atoms with Crippen LogP contribution in [0, 0.1) is 5.82 Å². The van der Waals surface area contributed by atoms with E-state index in [1.165, 1.54) is 16.6 Å². The molecule has 2 N–H and O–H groups in total. The van der Waals surface area contributed by atoms with E-state index in [1.54, 1.807) is 9.47 Å². The number of nitrogens with zero attached hydrogens (tertiary/aromatic N) is 5. The van der Waals surface area contributed by atoms with Crippen molar-refractivity contribution in [3.63, 3.8) is 0 Å². The van der Waals surface area contributed by atoms with Gasteiger partial charge in [0.1, 0.15) is 29.5 Å². The predicted molar refractivity (Wildman–Crippen MR) is 129 cm³/mol. The number of hydrogen-bond acceptors (Lipinski definition) is 6. The van der Waals surface area contributed by atoms with E-state index in [4.69, 9.17) is 0 Å². The van der Waals surface area contributed by atoms with E-state index < -0.39 is 11.7 Å². The molecule has 186 valence electrons. The summed E-state index contributed by atoms with van der Waals surface area (Å²) in [6.45, 7) is 5.45. The van der Waals surface area contributed by atoms with Crippen LogP contribution in [0.1, 0.15) is 54.4 Å². The third-order valence-corrected chi connectivity index (χ3v) is 6.46. The molecule has 5 rings (SSSR count). The van der Waals surface area contributed by atoms with Gasteiger partial charge in [0, 0.05) is 18.0 Å². The maximum Gasteiger partial charge on any atom is 0.280 e. The van der Waals surface area contributed by atoms with E-state index in [2.05, 4.69) is 20.7 Å². The van der Waals surface area contributed by atoms with Gasteiger partial charge in [0.05, 0.1) is 24.0 Å². The molecule has 0 unspecified atom stereocenters. The molecule has 0 aromatic carbocycles. The fourth-order valence-corrected chi connectivity index (χ4v) is 4.67. The molecule has 2 amide bonds. The van der Waals surface area contributed by atoms with Crippen LogP contribution in [0.25, 0.3) is 5.65 Å². The average molecular weight is 504 g/mol. The van der Waals surface area contributed by atoms with Gasteiger partial charge in [-0.05, 0) is 51.9 Å². The summed E-state index contributed by atoms with van der Waals surface area (Å²) in [7, 11) is 0. The second-order valence-corrected chi connectivity index (χ2v) is 9.02. The molecule has 2 aliphatic rings. The first-order valence-corrected chi connectivity index (χ1v) is 11.4. The molecule has 2 aliphatic heterocycles. The molecule has 0 atom stereocenters. The highest BCUT2D eigenvalue weighted by Gasteiger charge is 2.36. The molecule has 1 saturated heterocycles. The Labute approximate surface area is 206 Å². The van der Waals surface area contributed by atoms with Crippen molar-refractivity contribution in [2.45, 2.75) is 51.7 Å². The van der Waals surface area contributed by atoms with Crippen molar-refractivity contribution >= 4 is 35.7 Å². The molecule has 1 fully saturated rings. The molecule has 0 aliphatic carbocycles. The summed E-state index contributed by atoms with van der Waals surface area (Å²) in [6.07, 6.45) is 2.81. The lowest BCUT2D eigenvalue weighted by molar-refractivity contribution is -0.116. The van der Waals surface area contributed by atoms with E-state index in [-0.39, 0.29) is 60.4 Å². The first-order chi connectivity index (χ1) is 16.3. The number of carbonyl (C=O) groups is 2. The minimum Gasteiger partial charge on any atom is -0.330 e. The number of fused-ring (bicyclic) bond motifs is 2. The highest BCUT2D eigenvalue weighted by atomic mass is 35.5. The third kappa shape index (κ3) is 4.53. The van der Waals surface area contributed by atoms with Gasteiger partial charge in [0.2, 0.25) is 5.91 Å². The normalized spacial score (nSPS) is 16.0. The second-order valence-electron chi connectivity index (χ2n) is 9.02. The number of nitrogens with one attached hydrogen (secondary N) is 2. The van der Waals surface area contributed by atoms with E-state index in [0.717, 1.165) is 37.8 Å². The van der Waals surface area contributed by atoms with Gasteiger partial charge < -0.3 is 20.1 Å². The standard InChI is InChI=1S/C23H26FN7O3.ClH/c1-13(2)29-11-16-21(23(29)34)30(12-19(32)27-18-4-3-15(24)10-26-18)20-9-17(28-31(20)22(16)33)14-5-7-25-8-6-14;/h3-4,9-10,13-14,25H,5-8,11-12H2,1-2H3,(H,26,27,32);1H. The van der Waals surface area contributed by atoms with Crippen molar-refractivity contribution in [1.82, 2.24) is 29.4 Å². The van der Waals surface area contributed by atoms with Crippen molar-refractivity contribution in [2.24, 2.45) is 0 Å². The van der Waals surface area contributed by atoms with E-state index in [0.29, 0.717) is 11.2 Å². The molecular formula is C23H27ClFN7O3. The molecule has 3 aromatic rings. The fourth-order valence-electron chi connectivity index (χ4n) is 4.67. The molecule has 3 aromatic heterocycles. The lowest BCUT2D eigenvalue weighted by Gasteiger charge is -2.20. The zero-order valence-electron chi connectivity index (χ0n) is 19.5. The summed E-state index contributed by atoms with van der Waals surface area (Å²) in [4.78, 5) is 45.0. The molecule has 0 saturated carbocycles. The van der Waals surface area contributed by atoms with Crippen molar-refractivity contribution < 1.29 is 14.0 Å². The monoisotopic (exact) mass is 503 g/mol. The minimum absolute atomic E-state index is 0. The van der Waals surface area contributed by atoms with Gasteiger partial charge in [0.15, 0.2) is 0 Å². The molecule has 5 heterocycles. The Balaban J connectivity index is 0.00000289. The van der Waals surface area contributed by atoms with Gasteiger partial charge in [-0.2, -0.15) is 9.61 Å². The van der Waals surface area contributed by atoms with Gasteiger partial charge in [0.25, 0.3) is 11.5 Å². The van der Waals surface area contributed by atoms with Crippen molar-refractivity contribution in [1.29, 1.82) is 0 Å². The summed E-state index contributed by atoms with van der Waals surface area (Å²) in [5.74, 6) is -0.862. The number of halogens is 2. The van der Waals surface area contributed by atoms with Crippen LogP contribution >= 0.6 is 12.4 Å². The first-order valence-electron chi connectivity index (χ1n) is 11.4. The van der Waals surface area contributed by atoms with Crippen LogP contribution < -0.4 is 16.2 Å². The summed E-state index contributed by atoms with van der Waals surface area (Å²) >= 11 is 0. The SMILES string of the molecule is CC(C)N1Cc2c(n(CC(=O)Nc3ccc(F)cn3)c3cc(C4CCNCC4)nn3c2=O)C1=O.Cl. The number of piperidine rings is 1. The zero-order valence-corrected chi connectivity index (χ0v) is 20.3. The van der Waals surface area contributed by atoms with Gasteiger partial charge in [-0.3, -0.25) is 14.4 Å². The number of pyridine rings is 1. The number of amides is 2. The smallest absolute Gasteiger partial charge is 0.280 e. The van der Waals surface area contributed by atoms with Crippen molar-refractivity contribution in [3.05, 3.63) is 57.5 Å². The molecule has 10 nitrogen and oxygen atoms in total. The Morgan fingerprint density at radius 1 is 1.26 bits per heavy atom. The fraction of sp³-hybridized carbons (Fsp3) is 0.435. The van der Waals surface area contributed by atoms with Crippen LogP contribution in [0.2, 0.25) is 0 Å². The van der Waals surface area contributed by atoms with Crippen LogP contribution in [0.15, 0.2) is 29.2 Å². The molecule has 0 radical (unpaired) electrons. The topological polar surface area (TPSA) is 114 Å². The van der Waals surface area contributed by atoms with Gasteiger partial charge in [-0.15, -0.1) is 12.4 Å². The van der Waals surface area contributed by atoms with Crippen LogP contribution in [0.5, 0.6) is 0 Å². The maximum atomic E-state index is 13.3. The van der Waals surface area contributed by atoms with Gasteiger partial charge in [-0.1, -0.05) is 0 Å². The Morgan fingerprint density at radius 3 is 2.66 bits per heavy atom. The van der Waals surface area contributed by atoms with Crippen LogP contribution in [-0.2, 0) is 17.9 Å². The number of anilines is 1. The molecule has 12 heteroatoms. The van der Waals surface area contributed by atoms with E-state index in [9.17, 15) is 18.8 Å². The van der Waals surface area contributed by atoms with Crippen molar-refractivity contribution in [3.8, 4) is 0 Å². The summed E-state index contributed by atoms with van der Waals surface area (Å²) in [5, 5.41) is 10.6. The Morgan fingerprint density at radius 2 is 2.00 bits per heavy atom. The molecule has 0 bridgehead atoms. The molecule has 0 spiro atoms. The van der Waals surface area contributed by atoms with Gasteiger partial charge in [-0.25, -0.2) is 9.37 Å². The highest BCUT2D eigenvalue weighted by Crippen LogP contribution is 2.28. The van der Waals surface area contributed by atoms with E-state index >= 15 is 0 Å². The lowest BCUT2D eigenvalue weighted by Crippen LogP contribution is -2.32. The van der Waals surface area contributed by atoms with Crippen LogP contribution in [-0.4, -0.2) is 55.0 Å². The van der Waals surface area contributed by atoms with Gasteiger partial charge >= 0.3 is 0 Å². The Hall–Kier alpha value is -3.31.